The summed E-state index contributed by atoms with van der Waals surface area (Å²) in [6.07, 6.45) is 1.20. The summed E-state index contributed by atoms with van der Waals surface area (Å²) < 4.78 is 22.7. The van der Waals surface area contributed by atoms with Gasteiger partial charge < -0.3 is 5.73 Å². The molecule has 1 rings (SSSR count). The van der Waals surface area contributed by atoms with Crippen LogP contribution in [0.2, 0.25) is 5.02 Å². The minimum absolute atomic E-state index is 0.188. The summed E-state index contributed by atoms with van der Waals surface area (Å²) in [4.78, 5) is 0. The summed E-state index contributed by atoms with van der Waals surface area (Å²) in [5.74, 6) is 0.383. The first kappa shape index (κ1) is 15.5. The molecule has 0 spiro atoms. The number of halogens is 1. The third-order valence-corrected chi connectivity index (χ3v) is 5.34. The van der Waals surface area contributed by atoms with Gasteiger partial charge in [-0.1, -0.05) is 36.7 Å². The number of benzene rings is 1. The fourth-order valence-corrected chi connectivity index (χ4v) is 2.94. The Bertz CT molecular complexity index is 500. The van der Waals surface area contributed by atoms with E-state index in [1.807, 2.05) is 25.1 Å². The molecule has 0 heterocycles. The average Bonchev–Trinajstić information content (AvgIpc) is 2.32. The first-order valence-corrected chi connectivity index (χ1v) is 8.28. The van der Waals surface area contributed by atoms with Gasteiger partial charge in [0.1, 0.15) is 9.84 Å². The molecule has 3 nitrogen and oxygen atoms in total. The quantitative estimate of drug-likeness (QED) is 0.876. The standard InChI is InChI=1S/C13H20ClNO2S/c1-3-18(16,17)9-5-8-12(15)11-7-4-6-10(2)13(11)14/h4,6-7,12H,3,5,8-9,15H2,1-2H3. The lowest BCUT2D eigenvalue weighted by molar-refractivity contribution is 0.584. The van der Waals surface area contributed by atoms with Gasteiger partial charge in [-0.25, -0.2) is 8.42 Å². The Hall–Kier alpha value is -0.580. The first-order valence-electron chi connectivity index (χ1n) is 6.08. The van der Waals surface area contributed by atoms with Crippen molar-refractivity contribution in [2.24, 2.45) is 5.73 Å². The Balaban J connectivity index is 2.61. The van der Waals surface area contributed by atoms with E-state index in [0.717, 1.165) is 11.1 Å². The van der Waals surface area contributed by atoms with Crippen molar-refractivity contribution in [3.63, 3.8) is 0 Å². The Morgan fingerprint density at radius 2 is 2.06 bits per heavy atom. The fourth-order valence-electron chi connectivity index (χ4n) is 1.78. The molecule has 5 heteroatoms. The van der Waals surface area contributed by atoms with Crippen LogP contribution >= 0.6 is 11.6 Å². The molecule has 0 saturated carbocycles. The van der Waals surface area contributed by atoms with Gasteiger partial charge in [-0.15, -0.1) is 0 Å². The van der Waals surface area contributed by atoms with E-state index in [4.69, 9.17) is 17.3 Å². The number of nitrogens with two attached hydrogens (primary N) is 1. The van der Waals surface area contributed by atoms with Crippen molar-refractivity contribution in [1.82, 2.24) is 0 Å². The average molecular weight is 290 g/mol. The third-order valence-electron chi connectivity index (χ3n) is 3.03. The molecule has 0 aliphatic rings. The SMILES string of the molecule is CCS(=O)(=O)CCCC(N)c1cccc(C)c1Cl. The van der Waals surface area contributed by atoms with Gasteiger partial charge in [0.2, 0.25) is 0 Å². The first-order chi connectivity index (χ1) is 8.37. The van der Waals surface area contributed by atoms with Crippen LogP contribution in [0.5, 0.6) is 0 Å². The van der Waals surface area contributed by atoms with E-state index in [1.54, 1.807) is 6.92 Å². The molecule has 1 aromatic rings. The molecule has 0 bridgehead atoms. The highest BCUT2D eigenvalue weighted by Gasteiger charge is 2.13. The molecule has 1 atom stereocenters. The number of hydrogen-bond donors (Lipinski definition) is 1. The predicted molar refractivity (Wildman–Crippen MR) is 76.7 cm³/mol. The van der Waals surface area contributed by atoms with Crippen LogP contribution in [0.1, 0.15) is 36.9 Å². The number of hydrogen-bond acceptors (Lipinski definition) is 3. The van der Waals surface area contributed by atoms with Gasteiger partial charge in [0, 0.05) is 16.8 Å². The van der Waals surface area contributed by atoms with Gasteiger partial charge in [0.05, 0.1) is 5.75 Å². The van der Waals surface area contributed by atoms with E-state index in [2.05, 4.69) is 0 Å². The lowest BCUT2D eigenvalue weighted by atomic mass is 10.0. The molecule has 18 heavy (non-hydrogen) atoms. The van der Waals surface area contributed by atoms with Crippen LogP contribution < -0.4 is 5.73 Å². The number of sulfone groups is 1. The maximum atomic E-state index is 11.4. The molecule has 0 aliphatic heterocycles. The molecule has 102 valence electrons. The van der Waals surface area contributed by atoms with Crippen molar-refractivity contribution < 1.29 is 8.42 Å². The number of rotatable bonds is 6. The lowest BCUT2D eigenvalue weighted by Gasteiger charge is -2.14. The zero-order valence-electron chi connectivity index (χ0n) is 10.8. The molecule has 0 saturated heterocycles. The summed E-state index contributed by atoms with van der Waals surface area (Å²) >= 11 is 6.19. The molecular weight excluding hydrogens is 270 g/mol. The molecule has 1 aromatic carbocycles. The molecular formula is C13H20ClNO2S. The highest BCUT2D eigenvalue weighted by Crippen LogP contribution is 2.27. The van der Waals surface area contributed by atoms with Crippen molar-refractivity contribution >= 4 is 21.4 Å². The Kier molecular flexibility index (Phi) is 5.63. The van der Waals surface area contributed by atoms with Crippen LogP contribution in [0.15, 0.2) is 18.2 Å². The highest BCUT2D eigenvalue weighted by atomic mass is 35.5. The van der Waals surface area contributed by atoms with Crippen molar-refractivity contribution in [1.29, 1.82) is 0 Å². The summed E-state index contributed by atoms with van der Waals surface area (Å²) in [6, 6.07) is 5.54. The van der Waals surface area contributed by atoms with Crippen molar-refractivity contribution in [2.45, 2.75) is 32.7 Å². The van der Waals surface area contributed by atoms with Crippen LogP contribution in [0.4, 0.5) is 0 Å². The van der Waals surface area contributed by atoms with Crippen LogP contribution in [0.25, 0.3) is 0 Å². The molecule has 1 unspecified atom stereocenters. The summed E-state index contributed by atoms with van der Waals surface area (Å²) in [5.41, 5.74) is 7.94. The van der Waals surface area contributed by atoms with E-state index in [-0.39, 0.29) is 17.5 Å². The largest absolute Gasteiger partial charge is 0.324 e. The molecule has 0 amide bonds. The van der Waals surface area contributed by atoms with Gasteiger partial charge in [-0.3, -0.25) is 0 Å². The van der Waals surface area contributed by atoms with Gasteiger partial charge >= 0.3 is 0 Å². The topological polar surface area (TPSA) is 60.2 Å². The highest BCUT2D eigenvalue weighted by molar-refractivity contribution is 7.91. The fraction of sp³-hybridized carbons (Fsp3) is 0.538. The van der Waals surface area contributed by atoms with E-state index >= 15 is 0 Å². The maximum Gasteiger partial charge on any atom is 0.150 e. The maximum absolute atomic E-state index is 11.4. The molecule has 2 N–H and O–H groups in total. The van der Waals surface area contributed by atoms with Crippen LogP contribution in [-0.2, 0) is 9.84 Å². The van der Waals surface area contributed by atoms with E-state index in [9.17, 15) is 8.42 Å². The minimum atomic E-state index is -2.90. The molecule has 0 fully saturated rings. The number of aryl methyl sites for hydroxylation is 1. The Morgan fingerprint density at radius 1 is 1.39 bits per heavy atom. The normalized spacial score (nSPS) is 13.6. The lowest BCUT2D eigenvalue weighted by Crippen LogP contribution is -2.14. The molecule has 0 radical (unpaired) electrons. The smallest absolute Gasteiger partial charge is 0.150 e. The van der Waals surface area contributed by atoms with Gasteiger partial charge in [0.25, 0.3) is 0 Å². The van der Waals surface area contributed by atoms with Crippen LogP contribution in [0.3, 0.4) is 0 Å². The summed E-state index contributed by atoms with van der Waals surface area (Å²) in [6.45, 7) is 3.59. The second-order valence-corrected chi connectivity index (χ2v) is 7.31. The van der Waals surface area contributed by atoms with Gasteiger partial charge in [-0.2, -0.15) is 0 Å². The van der Waals surface area contributed by atoms with E-state index < -0.39 is 9.84 Å². The minimum Gasteiger partial charge on any atom is -0.324 e. The van der Waals surface area contributed by atoms with E-state index in [0.29, 0.717) is 17.9 Å². The third kappa shape index (κ3) is 4.26. The van der Waals surface area contributed by atoms with Crippen molar-refractivity contribution in [3.8, 4) is 0 Å². The Morgan fingerprint density at radius 3 is 2.67 bits per heavy atom. The molecule has 0 aliphatic carbocycles. The summed E-state index contributed by atoms with van der Waals surface area (Å²) in [5, 5.41) is 0.684. The summed E-state index contributed by atoms with van der Waals surface area (Å²) in [7, 11) is -2.90. The van der Waals surface area contributed by atoms with E-state index in [1.165, 1.54) is 0 Å². The monoisotopic (exact) mass is 289 g/mol. The second-order valence-electron chi connectivity index (χ2n) is 4.46. The zero-order valence-corrected chi connectivity index (χ0v) is 12.4. The zero-order chi connectivity index (χ0) is 13.8. The van der Waals surface area contributed by atoms with Crippen LogP contribution in [0, 0.1) is 6.92 Å². The predicted octanol–water partition coefficient (Wildman–Crippen LogP) is 2.86. The van der Waals surface area contributed by atoms with Gasteiger partial charge in [0.15, 0.2) is 0 Å². The van der Waals surface area contributed by atoms with Gasteiger partial charge in [-0.05, 0) is 30.9 Å². The van der Waals surface area contributed by atoms with Crippen molar-refractivity contribution in [2.75, 3.05) is 11.5 Å². The molecule has 0 aromatic heterocycles. The van der Waals surface area contributed by atoms with Crippen LogP contribution in [-0.4, -0.2) is 19.9 Å². The second kappa shape index (κ2) is 6.55. The van der Waals surface area contributed by atoms with Crippen molar-refractivity contribution in [3.05, 3.63) is 34.3 Å². The Labute approximate surface area is 114 Å².